The number of nitrogens with one attached hydrogen (secondary N) is 1. The molecule has 0 heterocycles. The van der Waals surface area contributed by atoms with Gasteiger partial charge < -0.3 is 10.4 Å². The number of carbonyl (C=O) groups excluding carboxylic acids is 1. The smallest absolute Gasteiger partial charge is 0.234 e. The maximum absolute atomic E-state index is 13.1. The van der Waals surface area contributed by atoms with Gasteiger partial charge in [0.05, 0.1) is 18.0 Å². The molecule has 0 aliphatic heterocycles. The van der Waals surface area contributed by atoms with E-state index in [0.717, 1.165) is 23.9 Å². The predicted octanol–water partition coefficient (Wildman–Crippen LogP) is 1.77. The minimum absolute atomic E-state index is 0.000997. The van der Waals surface area contributed by atoms with E-state index in [9.17, 15) is 18.0 Å². The van der Waals surface area contributed by atoms with Crippen LogP contribution in [-0.2, 0) is 4.79 Å². The van der Waals surface area contributed by atoms with Gasteiger partial charge in [-0.05, 0) is 12.1 Å². The Morgan fingerprint density at radius 1 is 1.29 bits per heavy atom. The molecule has 0 aliphatic rings. The highest BCUT2D eigenvalue weighted by Crippen LogP contribution is 2.19. The van der Waals surface area contributed by atoms with Crippen molar-refractivity contribution in [2.45, 2.75) is 0 Å². The average molecular weight is 265 g/mol. The lowest BCUT2D eigenvalue weighted by Crippen LogP contribution is -2.16. The molecule has 1 aromatic carbocycles. The van der Waals surface area contributed by atoms with Gasteiger partial charge in [0.2, 0.25) is 5.91 Å². The number of hydrogen-bond acceptors (Lipinski definition) is 3. The average Bonchev–Trinajstić information content (AvgIpc) is 2.30. The minimum atomic E-state index is -1.62. The zero-order chi connectivity index (χ0) is 12.8. The summed E-state index contributed by atoms with van der Waals surface area (Å²) < 4.78 is 38.5. The van der Waals surface area contributed by atoms with Gasteiger partial charge in [0.25, 0.3) is 0 Å². The molecule has 1 amide bonds. The zero-order valence-corrected chi connectivity index (χ0v) is 9.49. The molecule has 7 heteroatoms. The van der Waals surface area contributed by atoms with E-state index in [2.05, 4.69) is 5.32 Å². The standard InChI is InChI=1S/C10H10F3NO2S/c11-6-1-2-7(10(13)9(6)12)14-8(16)5-17-4-3-15/h1-2,15H,3-5H2,(H,14,16). The Balaban J connectivity index is 2.63. The third-order valence-electron chi connectivity index (χ3n) is 1.78. The third kappa shape index (κ3) is 3.94. The number of benzene rings is 1. The lowest BCUT2D eigenvalue weighted by molar-refractivity contribution is -0.113. The quantitative estimate of drug-likeness (QED) is 0.630. The maximum Gasteiger partial charge on any atom is 0.234 e. The molecule has 17 heavy (non-hydrogen) atoms. The lowest BCUT2D eigenvalue weighted by atomic mass is 10.3. The number of halogens is 3. The summed E-state index contributed by atoms with van der Waals surface area (Å²) in [6.45, 7) is -0.0719. The summed E-state index contributed by atoms with van der Waals surface area (Å²) in [7, 11) is 0. The summed E-state index contributed by atoms with van der Waals surface area (Å²) in [5, 5.41) is 10.6. The van der Waals surface area contributed by atoms with E-state index in [0.29, 0.717) is 5.75 Å². The summed E-state index contributed by atoms with van der Waals surface area (Å²) >= 11 is 1.14. The highest BCUT2D eigenvalue weighted by atomic mass is 32.2. The molecule has 0 spiro atoms. The Kier molecular flexibility index (Phi) is 5.30. The van der Waals surface area contributed by atoms with Crippen molar-refractivity contribution in [3.05, 3.63) is 29.6 Å². The van der Waals surface area contributed by atoms with E-state index in [1.807, 2.05) is 0 Å². The van der Waals surface area contributed by atoms with Crippen LogP contribution in [0.1, 0.15) is 0 Å². The van der Waals surface area contributed by atoms with Crippen molar-refractivity contribution < 1.29 is 23.1 Å². The van der Waals surface area contributed by atoms with Gasteiger partial charge in [-0.25, -0.2) is 13.2 Å². The maximum atomic E-state index is 13.1. The van der Waals surface area contributed by atoms with Gasteiger partial charge in [-0.2, -0.15) is 0 Å². The summed E-state index contributed by atoms with van der Waals surface area (Å²) in [4.78, 5) is 11.2. The molecular weight excluding hydrogens is 255 g/mol. The Morgan fingerprint density at radius 3 is 2.65 bits per heavy atom. The Morgan fingerprint density at radius 2 is 2.00 bits per heavy atom. The number of aliphatic hydroxyl groups excluding tert-OH is 1. The van der Waals surface area contributed by atoms with Crippen molar-refractivity contribution in [3.63, 3.8) is 0 Å². The van der Waals surface area contributed by atoms with Crippen LogP contribution >= 0.6 is 11.8 Å². The van der Waals surface area contributed by atoms with Crippen molar-refractivity contribution in [2.24, 2.45) is 0 Å². The van der Waals surface area contributed by atoms with Crippen molar-refractivity contribution in [1.29, 1.82) is 0 Å². The van der Waals surface area contributed by atoms with Gasteiger partial charge in [0.1, 0.15) is 0 Å². The second-order valence-electron chi connectivity index (χ2n) is 3.05. The number of aliphatic hydroxyl groups is 1. The van der Waals surface area contributed by atoms with Crippen molar-refractivity contribution in [3.8, 4) is 0 Å². The molecule has 94 valence electrons. The van der Waals surface area contributed by atoms with Crippen LogP contribution in [0.15, 0.2) is 12.1 Å². The molecule has 0 unspecified atom stereocenters. The minimum Gasteiger partial charge on any atom is -0.396 e. The molecule has 0 fully saturated rings. The molecule has 2 N–H and O–H groups in total. The number of anilines is 1. The van der Waals surface area contributed by atoms with Crippen LogP contribution in [0.4, 0.5) is 18.9 Å². The first-order chi connectivity index (χ1) is 8.06. The van der Waals surface area contributed by atoms with Gasteiger partial charge in [-0.1, -0.05) is 0 Å². The molecule has 1 aromatic rings. The summed E-state index contributed by atoms with van der Waals surface area (Å²) in [6.07, 6.45) is 0. The number of amides is 1. The van der Waals surface area contributed by atoms with E-state index in [-0.39, 0.29) is 12.4 Å². The zero-order valence-electron chi connectivity index (χ0n) is 8.67. The van der Waals surface area contributed by atoms with E-state index in [1.54, 1.807) is 0 Å². The number of carbonyl (C=O) groups is 1. The Labute approximate surface area is 100 Å². The fourth-order valence-electron chi connectivity index (χ4n) is 1.04. The van der Waals surface area contributed by atoms with Gasteiger partial charge in [-0.3, -0.25) is 4.79 Å². The molecule has 0 aromatic heterocycles. The van der Waals surface area contributed by atoms with Crippen LogP contribution in [0.25, 0.3) is 0 Å². The van der Waals surface area contributed by atoms with Gasteiger partial charge in [0.15, 0.2) is 17.5 Å². The SMILES string of the molecule is O=C(CSCCO)Nc1ccc(F)c(F)c1F. The Bertz CT molecular complexity index is 415. The van der Waals surface area contributed by atoms with Crippen LogP contribution in [0.3, 0.4) is 0 Å². The molecule has 1 rings (SSSR count). The van der Waals surface area contributed by atoms with E-state index >= 15 is 0 Å². The molecular formula is C10H10F3NO2S. The summed E-state index contributed by atoms with van der Waals surface area (Å²) in [5.41, 5.74) is -0.404. The molecule has 0 aliphatic carbocycles. The lowest BCUT2D eigenvalue weighted by Gasteiger charge is -2.06. The number of rotatable bonds is 5. The van der Waals surface area contributed by atoms with Gasteiger partial charge in [0, 0.05) is 5.75 Å². The fourth-order valence-corrected chi connectivity index (χ4v) is 1.57. The molecule has 0 atom stereocenters. The first kappa shape index (κ1) is 13.9. The van der Waals surface area contributed by atoms with Gasteiger partial charge in [-0.15, -0.1) is 11.8 Å². The summed E-state index contributed by atoms with van der Waals surface area (Å²) in [6, 6.07) is 1.68. The van der Waals surface area contributed by atoms with E-state index in [1.165, 1.54) is 0 Å². The van der Waals surface area contributed by atoms with Gasteiger partial charge >= 0.3 is 0 Å². The number of hydrogen-bond donors (Lipinski definition) is 2. The second kappa shape index (κ2) is 6.51. The molecule has 0 saturated heterocycles. The molecule has 0 radical (unpaired) electrons. The largest absolute Gasteiger partial charge is 0.396 e. The third-order valence-corrected chi connectivity index (χ3v) is 2.72. The van der Waals surface area contributed by atoms with Crippen molar-refractivity contribution >= 4 is 23.4 Å². The summed E-state index contributed by atoms with van der Waals surface area (Å²) in [5.74, 6) is -4.54. The van der Waals surface area contributed by atoms with E-state index < -0.39 is 29.0 Å². The van der Waals surface area contributed by atoms with Crippen LogP contribution < -0.4 is 5.32 Å². The van der Waals surface area contributed by atoms with Crippen molar-refractivity contribution in [1.82, 2.24) is 0 Å². The first-order valence-electron chi connectivity index (χ1n) is 4.68. The van der Waals surface area contributed by atoms with Crippen molar-refractivity contribution in [2.75, 3.05) is 23.4 Å². The molecule has 3 nitrogen and oxygen atoms in total. The first-order valence-corrected chi connectivity index (χ1v) is 5.83. The van der Waals surface area contributed by atoms with E-state index in [4.69, 9.17) is 5.11 Å². The topological polar surface area (TPSA) is 49.3 Å². The predicted molar refractivity (Wildman–Crippen MR) is 59.4 cm³/mol. The highest BCUT2D eigenvalue weighted by molar-refractivity contribution is 7.99. The monoisotopic (exact) mass is 265 g/mol. The fraction of sp³-hybridized carbons (Fsp3) is 0.300. The van der Waals surface area contributed by atoms with Crippen LogP contribution in [-0.4, -0.2) is 29.1 Å². The van der Waals surface area contributed by atoms with Crippen LogP contribution in [0.2, 0.25) is 0 Å². The van der Waals surface area contributed by atoms with Crippen LogP contribution in [0.5, 0.6) is 0 Å². The normalized spacial score (nSPS) is 10.4. The highest BCUT2D eigenvalue weighted by Gasteiger charge is 2.14. The molecule has 0 saturated carbocycles. The Hall–Kier alpha value is -1.21. The second-order valence-corrected chi connectivity index (χ2v) is 4.15. The van der Waals surface area contributed by atoms with Crippen LogP contribution in [0, 0.1) is 17.5 Å². The molecule has 0 bridgehead atoms. The number of thioether (sulfide) groups is 1.